The molecule has 0 unspecified atom stereocenters. The number of carbonyl (C=O) groups excluding carboxylic acids is 1. The van der Waals surface area contributed by atoms with Gasteiger partial charge in [0.2, 0.25) is 10.0 Å². The van der Waals surface area contributed by atoms with Gasteiger partial charge in [0.25, 0.3) is 0 Å². The third kappa shape index (κ3) is 4.71. The van der Waals surface area contributed by atoms with Crippen LogP contribution in [0.1, 0.15) is 10.5 Å². The number of halogens is 2. The van der Waals surface area contributed by atoms with Crippen LogP contribution >= 0.6 is 23.2 Å². The molecule has 0 aliphatic heterocycles. The molecule has 0 amide bonds. The first-order valence-electron chi connectivity index (χ1n) is 8.29. The van der Waals surface area contributed by atoms with Crippen LogP contribution in [0.2, 0.25) is 10.0 Å². The second kappa shape index (κ2) is 8.44. The molecule has 0 aliphatic rings. The van der Waals surface area contributed by atoms with E-state index in [4.69, 9.17) is 28.3 Å². The van der Waals surface area contributed by atoms with Gasteiger partial charge in [-0.1, -0.05) is 53.5 Å². The first-order valence-corrected chi connectivity index (χ1v) is 12.2. The highest BCUT2D eigenvalue weighted by Gasteiger charge is 2.27. The van der Waals surface area contributed by atoms with Crippen molar-refractivity contribution in [3.63, 3.8) is 0 Å². The van der Waals surface area contributed by atoms with Crippen molar-refractivity contribution in [3.05, 3.63) is 76.5 Å². The van der Waals surface area contributed by atoms with Crippen LogP contribution in [0.4, 0.5) is 0 Å². The first-order chi connectivity index (χ1) is 14.0. The molecule has 0 aliphatic carbocycles. The van der Waals surface area contributed by atoms with E-state index < -0.39 is 41.2 Å². The van der Waals surface area contributed by atoms with Gasteiger partial charge in [-0.05, 0) is 24.3 Å². The highest BCUT2D eigenvalue weighted by molar-refractivity contribution is 7.94. The average molecular weight is 485 g/mol. The van der Waals surface area contributed by atoms with Gasteiger partial charge in [-0.3, -0.25) is 9.78 Å². The highest BCUT2D eigenvalue weighted by atomic mass is 35.5. The highest BCUT2D eigenvalue weighted by Crippen LogP contribution is 2.33. The lowest BCUT2D eigenvalue weighted by molar-refractivity contribution is 0.101. The largest absolute Gasteiger partial charge is 0.291 e. The van der Waals surface area contributed by atoms with E-state index in [1.807, 2.05) is 0 Å². The quantitative estimate of drug-likeness (QED) is 0.534. The van der Waals surface area contributed by atoms with Gasteiger partial charge < -0.3 is 0 Å². The van der Waals surface area contributed by atoms with Gasteiger partial charge in [0.05, 0.1) is 14.9 Å². The first kappa shape index (κ1) is 22.4. The van der Waals surface area contributed by atoms with Crippen LogP contribution in [-0.2, 0) is 19.9 Å². The maximum Gasteiger partial charge on any atom is 0.239 e. The topological polar surface area (TPSA) is 124 Å². The summed E-state index contributed by atoms with van der Waals surface area (Å²) in [5.74, 6) is -1.77. The number of nitrogens with two attached hydrogens (primary N) is 1. The van der Waals surface area contributed by atoms with Gasteiger partial charge in [-0.2, -0.15) is 0 Å². The Morgan fingerprint density at radius 2 is 1.57 bits per heavy atom. The van der Waals surface area contributed by atoms with Crippen molar-refractivity contribution < 1.29 is 21.6 Å². The molecule has 1 heterocycles. The number of hydrogen-bond acceptors (Lipinski definition) is 6. The van der Waals surface area contributed by atoms with E-state index in [2.05, 4.69) is 4.98 Å². The number of carbonyl (C=O) groups is 1. The third-order valence-corrected chi connectivity index (χ3v) is 7.71. The summed E-state index contributed by atoms with van der Waals surface area (Å²) >= 11 is 12.2. The molecule has 30 heavy (non-hydrogen) atoms. The van der Waals surface area contributed by atoms with Gasteiger partial charge >= 0.3 is 0 Å². The molecule has 0 radical (unpaired) electrons. The summed E-state index contributed by atoms with van der Waals surface area (Å²) in [4.78, 5) is 15.4. The van der Waals surface area contributed by atoms with E-state index in [9.17, 15) is 21.6 Å². The van der Waals surface area contributed by atoms with Crippen molar-refractivity contribution in [3.8, 4) is 11.1 Å². The number of benzene rings is 2. The number of sulfone groups is 1. The number of aromatic nitrogens is 1. The molecular weight excluding hydrogens is 471 g/mol. The molecule has 0 fully saturated rings. The van der Waals surface area contributed by atoms with Gasteiger partial charge in [-0.15, -0.1) is 0 Å². The summed E-state index contributed by atoms with van der Waals surface area (Å²) in [6.45, 7) is 0. The number of pyridine rings is 1. The van der Waals surface area contributed by atoms with Gasteiger partial charge in [0.15, 0.2) is 15.6 Å². The molecule has 11 heteroatoms. The number of primary sulfonamides is 1. The Bertz CT molecular complexity index is 1340. The predicted molar refractivity (Wildman–Crippen MR) is 114 cm³/mol. The monoisotopic (exact) mass is 484 g/mol. The van der Waals surface area contributed by atoms with Crippen molar-refractivity contribution in [2.45, 2.75) is 9.79 Å². The second-order valence-corrected chi connectivity index (χ2v) is 10.5. The van der Waals surface area contributed by atoms with Crippen molar-refractivity contribution in [1.82, 2.24) is 4.98 Å². The summed E-state index contributed by atoms with van der Waals surface area (Å²) < 4.78 is 48.7. The SMILES string of the molecule is NS(=O)(=O)c1ccccc1S(=O)(=O)CC(=O)c1ccc(-c2cccc(Cl)c2Cl)cn1. The van der Waals surface area contributed by atoms with E-state index in [1.165, 1.54) is 24.4 Å². The minimum absolute atomic E-state index is 0.103. The fraction of sp³-hybridized carbons (Fsp3) is 0.0526. The van der Waals surface area contributed by atoms with Crippen LogP contribution in [0.3, 0.4) is 0 Å². The summed E-state index contributed by atoms with van der Waals surface area (Å²) in [5.41, 5.74) is 1.08. The van der Waals surface area contributed by atoms with Crippen LogP contribution in [0.25, 0.3) is 11.1 Å². The van der Waals surface area contributed by atoms with Crippen LogP contribution in [-0.4, -0.2) is 33.4 Å². The standard InChI is InChI=1S/C19H14Cl2N2O5S2/c20-14-5-3-4-13(19(14)21)12-8-9-15(23-10-12)16(24)11-29(25,26)17-6-1-2-7-18(17)30(22,27)28/h1-10H,11H2,(H2,22,27,28). The molecule has 3 rings (SSSR count). The molecule has 3 aromatic rings. The Morgan fingerprint density at radius 3 is 2.17 bits per heavy atom. The van der Waals surface area contributed by atoms with E-state index in [0.29, 0.717) is 21.2 Å². The van der Waals surface area contributed by atoms with Crippen molar-refractivity contribution in [2.24, 2.45) is 5.14 Å². The number of ketones is 1. The van der Waals surface area contributed by atoms with E-state index in [-0.39, 0.29) is 5.69 Å². The normalized spacial score (nSPS) is 12.0. The molecule has 0 spiro atoms. The molecule has 2 N–H and O–H groups in total. The summed E-state index contributed by atoms with van der Waals surface area (Å²) in [6.07, 6.45) is 1.37. The summed E-state index contributed by atoms with van der Waals surface area (Å²) in [5, 5.41) is 5.76. The minimum atomic E-state index is -4.29. The number of sulfonamides is 1. The Balaban J connectivity index is 1.89. The number of Topliss-reactive ketones (excluding diaryl/α,β-unsaturated/α-hetero) is 1. The Labute approximate surface area is 183 Å². The van der Waals surface area contributed by atoms with E-state index >= 15 is 0 Å². The molecule has 0 saturated carbocycles. The van der Waals surface area contributed by atoms with Crippen LogP contribution in [0, 0.1) is 0 Å². The molecular formula is C19H14Cl2N2O5S2. The maximum atomic E-state index is 12.7. The number of nitrogens with zero attached hydrogens (tertiary/aromatic N) is 1. The number of rotatable bonds is 6. The second-order valence-electron chi connectivity index (χ2n) is 6.21. The zero-order valence-electron chi connectivity index (χ0n) is 15.1. The van der Waals surface area contributed by atoms with Gasteiger partial charge in [0, 0.05) is 17.3 Å². The molecule has 0 bridgehead atoms. The summed E-state index contributed by atoms with van der Waals surface area (Å²) in [7, 11) is -8.57. The Hall–Kier alpha value is -2.30. The fourth-order valence-corrected chi connectivity index (χ4v) is 5.78. The zero-order chi connectivity index (χ0) is 22.1. The molecule has 1 aromatic heterocycles. The maximum absolute atomic E-state index is 12.7. The fourth-order valence-electron chi connectivity index (χ4n) is 2.71. The number of hydrogen-bond donors (Lipinski definition) is 1. The lowest BCUT2D eigenvalue weighted by Crippen LogP contribution is -2.21. The zero-order valence-corrected chi connectivity index (χ0v) is 18.3. The van der Waals surface area contributed by atoms with E-state index in [1.54, 1.807) is 24.3 Å². The smallest absolute Gasteiger partial charge is 0.239 e. The minimum Gasteiger partial charge on any atom is -0.291 e. The Kier molecular flexibility index (Phi) is 6.30. The van der Waals surface area contributed by atoms with Crippen molar-refractivity contribution >= 4 is 48.8 Å². The predicted octanol–water partition coefficient (Wildman–Crippen LogP) is 3.36. The van der Waals surface area contributed by atoms with Gasteiger partial charge in [-0.25, -0.2) is 22.0 Å². The molecule has 2 aromatic carbocycles. The lowest BCUT2D eigenvalue weighted by atomic mass is 10.1. The van der Waals surface area contributed by atoms with Crippen LogP contribution < -0.4 is 5.14 Å². The lowest BCUT2D eigenvalue weighted by Gasteiger charge is -2.09. The van der Waals surface area contributed by atoms with Crippen molar-refractivity contribution in [2.75, 3.05) is 5.75 Å². The van der Waals surface area contributed by atoms with Crippen molar-refractivity contribution in [1.29, 1.82) is 0 Å². The molecule has 7 nitrogen and oxygen atoms in total. The molecule has 0 atom stereocenters. The average Bonchev–Trinajstić information content (AvgIpc) is 2.69. The van der Waals surface area contributed by atoms with Crippen LogP contribution in [0.5, 0.6) is 0 Å². The van der Waals surface area contributed by atoms with Crippen LogP contribution in [0.15, 0.2) is 70.6 Å². The summed E-state index contributed by atoms with van der Waals surface area (Å²) in [6, 6.07) is 12.8. The molecule has 156 valence electrons. The molecule has 0 saturated heterocycles. The Morgan fingerprint density at radius 1 is 0.900 bits per heavy atom. The third-order valence-electron chi connectivity index (χ3n) is 4.12. The van der Waals surface area contributed by atoms with Gasteiger partial charge in [0.1, 0.15) is 16.3 Å². The van der Waals surface area contributed by atoms with E-state index in [0.717, 1.165) is 12.1 Å².